The summed E-state index contributed by atoms with van der Waals surface area (Å²) >= 11 is 0. The van der Waals surface area contributed by atoms with E-state index in [4.69, 9.17) is 5.73 Å². The minimum Gasteiger partial charge on any atom is -0.324 e. The Morgan fingerprint density at radius 1 is 1.25 bits per heavy atom. The van der Waals surface area contributed by atoms with E-state index in [2.05, 4.69) is 31.2 Å². The zero-order valence-corrected chi connectivity index (χ0v) is 7.97. The van der Waals surface area contributed by atoms with Gasteiger partial charge in [-0.25, -0.2) is 0 Å². The highest BCUT2D eigenvalue weighted by molar-refractivity contribution is 5.85. The average Bonchev–Trinajstić information content (AvgIpc) is 2.30. The molecule has 1 aliphatic carbocycles. The molecule has 0 amide bonds. The maximum absolute atomic E-state index is 5.94. The first-order valence-electron chi connectivity index (χ1n) is 4.13. The molecule has 66 valence electrons. The second kappa shape index (κ2) is 3.46. The highest BCUT2D eigenvalue weighted by atomic mass is 35.5. The van der Waals surface area contributed by atoms with Crippen molar-refractivity contribution in [1.82, 2.24) is 0 Å². The van der Waals surface area contributed by atoms with E-state index in [0.29, 0.717) is 5.92 Å². The minimum absolute atomic E-state index is 0. The molecule has 0 radical (unpaired) electrons. The molecule has 2 atom stereocenters. The molecule has 0 aliphatic heterocycles. The van der Waals surface area contributed by atoms with Crippen molar-refractivity contribution >= 4 is 12.4 Å². The number of benzene rings is 1. The molecule has 2 N–H and O–H groups in total. The Morgan fingerprint density at radius 3 is 2.42 bits per heavy atom. The Labute approximate surface area is 79.4 Å². The molecule has 0 saturated heterocycles. The Hall–Kier alpha value is -0.530. The molecule has 0 spiro atoms. The smallest absolute Gasteiger partial charge is 0.0303 e. The molecule has 2 rings (SSSR count). The van der Waals surface area contributed by atoms with Gasteiger partial charge in [-0.1, -0.05) is 31.2 Å². The average molecular weight is 184 g/mol. The van der Waals surface area contributed by atoms with Gasteiger partial charge in [-0.3, -0.25) is 0 Å². The second-order valence-corrected chi connectivity index (χ2v) is 3.37. The standard InChI is InChI=1S/C10H13N.ClH/c1-7-6-10(11)9-5-3-2-4-8(7)9;/h2-5,7,10H,6,11H2,1H3;1H. The summed E-state index contributed by atoms with van der Waals surface area (Å²) in [5.41, 5.74) is 8.73. The van der Waals surface area contributed by atoms with E-state index >= 15 is 0 Å². The molecule has 0 saturated carbocycles. The largest absolute Gasteiger partial charge is 0.324 e. The third-order valence-corrected chi connectivity index (χ3v) is 2.53. The summed E-state index contributed by atoms with van der Waals surface area (Å²) in [6.07, 6.45) is 1.11. The van der Waals surface area contributed by atoms with Crippen LogP contribution in [-0.2, 0) is 0 Å². The lowest BCUT2D eigenvalue weighted by atomic mass is 10.0. The summed E-state index contributed by atoms with van der Waals surface area (Å²) in [7, 11) is 0. The number of hydrogen-bond acceptors (Lipinski definition) is 1. The monoisotopic (exact) mass is 183 g/mol. The van der Waals surface area contributed by atoms with Crippen molar-refractivity contribution in [3.8, 4) is 0 Å². The van der Waals surface area contributed by atoms with Crippen LogP contribution in [0, 0.1) is 0 Å². The second-order valence-electron chi connectivity index (χ2n) is 3.37. The highest BCUT2D eigenvalue weighted by Gasteiger charge is 2.24. The summed E-state index contributed by atoms with van der Waals surface area (Å²) in [5, 5.41) is 0. The topological polar surface area (TPSA) is 26.0 Å². The van der Waals surface area contributed by atoms with Crippen LogP contribution in [0.15, 0.2) is 24.3 Å². The molecular formula is C10H14ClN. The van der Waals surface area contributed by atoms with Gasteiger partial charge in [-0.05, 0) is 23.5 Å². The van der Waals surface area contributed by atoms with Crippen molar-refractivity contribution in [1.29, 1.82) is 0 Å². The lowest BCUT2D eigenvalue weighted by molar-refractivity contribution is 0.640. The van der Waals surface area contributed by atoms with Gasteiger partial charge in [0.2, 0.25) is 0 Å². The first-order valence-corrected chi connectivity index (χ1v) is 4.13. The third-order valence-electron chi connectivity index (χ3n) is 2.53. The van der Waals surface area contributed by atoms with Gasteiger partial charge in [0.25, 0.3) is 0 Å². The van der Waals surface area contributed by atoms with Gasteiger partial charge in [0.1, 0.15) is 0 Å². The molecule has 0 heterocycles. The summed E-state index contributed by atoms with van der Waals surface area (Å²) in [5.74, 6) is 0.654. The van der Waals surface area contributed by atoms with Crippen LogP contribution in [0.5, 0.6) is 0 Å². The van der Waals surface area contributed by atoms with E-state index in [9.17, 15) is 0 Å². The fourth-order valence-corrected chi connectivity index (χ4v) is 1.93. The van der Waals surface area contributed by atoms with Crippen LogP contribution in [0.3, 0.4) is 0 Å². The summed E-state index contributed by atoms with van der Waals surface area (Å²) < 4.78 is 0. The maximum Gasteiger partial charge on any atom is 0.0303 e. The van der Waals surface area contributed by atoms with Gasteiger partial charge in [0.15, 0.2) is 0 Å². The van der Waals surface area contributed by atoms with Gasteiger partial charge >= 0.3 is 0 Å². The molecule has 0 aromatic heterocycles. The first-order chi connectivity index (χ1) is 5.29. The van der Waals surface area contributed by atoms with Gasteiger partial charge in [0, 0.05) is 6.04 Å². The third kappa shape index (κ3) is 1.35. The summed E-state index contributed by atoms with van der Waals surface area (Å²) in [6, 6.07) is 8.77. The summed E-state index contributed by atoms with van der Waals surface area (Å²) in [6.45, 7) is 2.24. The van der Waals surface area contributed by atoms with Crippen LogP contribution in [0.2, 0.25) is 0 Å². The highest BCUT2D eigenvalue weighted by Crippen LogP contribution is 2.37. The summed E-state index contributed by atoms with van der Waals surface area (Å²) in [4.78, 5) is 0. The lowest BCUT2D eigenvalue weighted by Gasteiger charge is -2.02. The van der Waals surface area contributed by atoms with Crippen molar-refractivity contribution in [2.24, 2.45) is 5.73 Å². The number of hydrogen-bond donors (Lipinski definition) is 1. The van der Waals surface area contributed by atoms with E-state index < -0.39 is 0 Å². The lowest BCUT2D eigenvalue weighted by Crippen LogP contribution is -2.04. The number of fused-ring (bicyclic) bond motifs is 1. The Kier molecular flexibility index (Phi) is 2.76. The number of nitrogens with two attached hydrogens (primary N) is 1. The van der Waals surface area contributed by atoms with Gasteiger partial charge in [-0.15, -0.1) is 12.4 Å². The molecule has 1 aromatic carbocycles. The number of halogens is 1. The molecule has 1 nitrogen and oxygen atoms in total. The zero-order chi connectivity index (χ0) is 7.84. The molecule has 1 aromatic rings. The normalized spacial score (nSPS) is 26.2. The molecule has 2 unspecified atom stereocenters. The van der Waals surface area contributed by atoms with E-state index in [1.807, 2.05) is 0 Å². The van der Waals surface area contributed by atoms with Crippen LogP contribution < -0.4 is 5.73 Å². The predicted octanol–water partition coefficient (Wildman–Crippen LogP) is 2.62. The molecule has 1 aliphatic rings. The number of rotatable bonds is 0. The van der Waals surface area contributed by atoms with Crippen molar-refractivity contribution < 1.29 is 0 Å². The molecule has 12 heavy (non-hydrogen) atoms. The van der Waals surface area contributed by atoms with E-state index in [-0.39, 0.29) is 18.4 Å². The SMILES string of the molecule is CC1CC(N)c2ccccc21.Cl. The van der Waals surface area contributed by atoms with Crippen LogP contribution >= 0.6 is 12.4 Å². The quantitative estimate of drug-likeness (QED) is 0.658. The van der Waals surface area contributed by atoms with Gasteiger partial charge in [0.05, 0.1) is 0 Å². The fourth-order valence-electron chi connectivity index (χ4n) is 1.93. The first kappa shape index (κ1) is 9.56. The maximum atomic E-state index is 5.94. The predicted molar refractivity (Wildman–Crippen MR) is 53.7 cm³/mol. The van der Waals surface area contributed by atoms with Crippen LogP contribution in [-0.4, -0.2) is 0 Å². The van der Waals surface area contributed by atoms with Crippen molar-refractivity contribution in [3.63, 3.8) is 0 Å². The van der Waals surface area contributed by atoms with E-state index in [1.165, 1.54) is 11.1 Å². The van der Waals surface area contributed by atoms with Crippen LogP contribution in [0.1, 0.15) is 36.4 Å². The van der Waals surface area contributed by atoms with E-state index in [0.717, 1.165) is 6.42 Å². The zero-order valence-electron chi connectivity index (χ0n) is 7.16. The fraction of sp³-hybridized carbons (Fsp3) is 0.400. The van der Waals surface area contributed by atoms with Gasteiger partial charge < -0.3 is 5.73 Å². The Balaban J connectivity index is 0.000000720. The molecular weight excluding hydrogens is 170 g/mol. The van der Waals surface area contributed by atoms with Crippen molar-refractivity contribution in [3.05, 3.63) is 35.4 Å². The Morgan fingerprint density at radius 2 is 1.83 bits per heavy atom. The Bertz CT molecular complexity index is 245. The van der Waals surface area contributed by atoms with Crippen LogP contribution in [0.4, 0.5) is 0 Å². The van der Waals surface area contributed by atoms with Crippen LogP contribution in [0.25, 0.3) is 0 Å². The van der Waals surface area contributed by atoms with Crippen molar-refractivity contribution in [2.45, 2.75) is 25.3 Å². The van der Waals surface area contributed by atoms with E-state index in [1.54, 1.807) is 0 Å². The molecule has 0 fully saturated rings. The van der Waals surface area contributed by atoms with Crippen molar-refractivity contribution in [2.75, 3.05) is 0 Å². The van der Waals surface area contributed by atoms with Gasteiger partial charge in [-0.2, -0.15) is 0 Å². The minimum atomic E-state index is 0. The molecule has 0 bridgehead atoms. The molecule has 2 heteroatoms.